The number of benzene rings is 1. The average molecular weight is 240 g/mol. The molecule has 0 radical (unpaired) electrons. The van der Waals surface area contributed by atoms with E-state index in [1.807, 2.05) is 6.92 Å². The first kappa shape index (κ1) is 13.8. The van der Waals surface area contributed by atoms with E-state index in [1.54, 1.807) is 0 Å². The van der Waals surface area contributed by atoms with Crippen molar-refractivity contribution in [3.05, 3.63) is 35.6 Å². The van der Waals surface area contributed by atoms with Crippen LogP contribution in [-0.4, -0.2) is 32.2 Å². The van der Waals surface area contributed by atoms with Crippen molar-refractivity contribution in [2.45, 2.75) is 13.3 Å². The third-order valence-electron chi connectivity index (χ3n) is 2.22. The minimum atomic E-state index is -0.338. The molecule has 1 rings (SSSR count). The van der Waals surface area contributed by atoms with E-state index in [0.29, 0.717) is 38.4 Å². The maximum absolute atomic E-state index is 12.6. The average Bonchev–Trinajstić information content (AvgIpc) is 2.34. The van der Waals surface area contributed by atoms with Crippen molar-refractivity contribution in [1.82, 2.24) is 0 Å². The highest BCUT2D eigenvalue weighted by Gasteiger charge is 2.05. The number of rotatable bonds is 8. The summed E-state index contributed by atoms with van der Waals surface area (Å²) in [4.78, 5) is 11.6. The quantitative estimate of drug-likeness (QED) is 0.517. The normalized spacial score (nSPS) is 10.5. The van der Waals surface area contributed by atoms with Crippen molar-refractivity contribution < 1.29 is 18.7 Å². The number of Topliss-reactive ketones (excluding diaryl/α,β-unsaturated/α-hetero) is 1. The Labute approximate surface area is 101 Å². The van der Waals surface area contributed by atoms with E-state index >= 15 is 0 Å². The van der Waals surface area contributed by atoms with Crippen molar-refractivity contribution in [3.63, 3.8) is 0 Å². The third-order valence-corrected chi connectivity index (χ3v) is 2.22. The largest absolute Gasteiger partial charge is 0.379 e. The van der Waals surface area contributed by atoms with E-state index in [4.69, 9.17) is 9.47 Å². The molecule has 0 atom stereocenters. The highest BCUT2D eigenvalue weighted by molar-refractivity contribution is 5.96. The molecule has 4 heteroatoms. The summed E-state index contributed by atoms with van der Waals surface area (Å²) in [7, 11) is 0. The lowest BCUT2D eigenvalue weighted by atomic mass is 10.1. The first-order valence-corrected chi connectivity index (χ1v) is 5.68. The topological polar surface area (TPSA) is 35.5 Å². The van der Waals surface area contributed by atoms with Crippen molar-refractivity contribution >= 4 is 5.78 Å². The lowest BCUT2D eigenvalue weighted by Gasteiger charge is -2.04. The van der Waals surface area contributed by atoms with Crippen molar-refractivity contribution in [1.29, 1.82) is 0 Å². The summed E-state index contributed by atoms with van der Waals surface area (Å²) in [6, 6.07) is 5.53. The maximum atomic E-state index is 12.6. The monoisotopic (exact) mass is 240 g/mol. The molecular formula is C13H17FO3. The second-order valence-corrected chi connectivity index (χ2v) is 3.49. The summed E-state index contributed by atoms with van der Waals surface area (Å²) in [6.45, 7) is 3.98. The second-order valence-electron chi connectivity index (χ2n) is 3.49. The van der Waals surface area contributed by atoms with Gasteiger partial charge in [0.15, 0.2) is 5.78 Å². The molecule has 0 aliphatic rings. The molecule has 0 spiro atoms. The molecule has 0 bridgehead atoms. The summed E-state index contributed by atoms with van der Waals surface area (Å²) in [5.41, 5.74) is 0.514. The number of hydrogen-bond acceptors (Lipinski definition) is 3. The minimum Gasteiger partial charge on any atom is -0.379 e. The molecule has 3 nitrogen and oxygen atoms in total. The van der Waals surface area contributed by atoms with Crippen LogP contribution in [0.4, 0.5) is 4.39 Å². The van der Waals surface area contributed by atoms with E-state index in [1.165, 1.54) is 24.3 Å². The molecule has 1 aromatic carbocycles. The van der Waals surface area contributed by atoms with E-state index in [-0.39, 0.29) is 11.6 Å². The number of carbonyl (C=O) groups excluding carboxylic acids is 1. The fraction of sp³-hybridized carbons (Fsp3) is 0.462. The SMILES string of the molecule is CCOCCOCCC(=O)c1ccc(F)cc1. The van der Waals surface area contributed by atoms with Crippen LogP contribution in [0.5, 0.6) is 0 Å². The van der Waals surface area contributed by atoms with Crippen LogP contribution < -0.4 is 0 Å². The van der Waals surface area contributed by atoms with Crippen LogP contribution in [0.25, 0.3) is 0 Å². The van der Waals surface area contributed by atoms with Gasteiger partial charge in [-0.3, -0.25) is 4.79 Å². The van der Waals surface area contributed by atoms with Gasteiger partial charge >= 0.3 is 0 Å². The molecule has 94 valence electrons. The number of halogens is 1. The Morgan fingerprint density at radius 3 is 2.41 bits per heavy atom. The highest BCUT2D eigenvalue weighted by atomic mass is 19.1. The number of ketones is 1. The van der Waals surface area contributed by atoms with Crippen LogP contribution in [0.15, 0.2) is 24.3 Å². The van der Waals surface area contributed by atoms with Crippen molar-refractivity contribution in [3.8, 4) is 0 Å². The zero-order valence-electron chi connectivity index (χ0n) is 9.95. The van der Waals surface area contributed by atoms with Crippen LogP contribution in [0.2, 0.25) is 0 Å². The van der Waals surface area contributed by atoms with Crippen molar-refractivity contribution in [2.75, 3.05) is 26.4 Å². The van der Waals surface area contributed by atoms with Gasteiger partial charge in [0.1, 0.15) is 5.82 Å². The van der Waals surface area contributed by atoms with Gasteiger partial charge < -0.3 is 9.47 Å². The standard InChI is InChI=1S/C13H17FO3/c1-2-16-9-10-17-8-7-13(15)11-3-5-12(14)6-4-11/h3-6H,2,7-10H2,1H3. The Morgan fingerprint density at radius 2 is 1.76 bits per heavy atom. The van der Waals surface area contributed by atoms with Gasteiger partial charge in [0.25, 0.3) is 0 Å². The molecule has 0 amide bonds. The lowest BCUT2D eigenvalue weighted by molar-refractivity contribution is 0.0500. The summed E-state index contributed by atoms with van der Waals surface area (Å²) < 4.78 is 22.9. The van der Waals surface area contributed by atoms with Gasteiger partial charge in [-0.1, -0.05) is 0 Å². The predicted octanol–water partition coefficient (Wildman–Crippen LogP) is 2.45. The maximum Gasteiger partial charge on any atom is 0.165 e. The van der Waals surface area contributed by atoms with Gasteiger partial charge in [0.05, 0.1) is 19.8 Å². The summed E-state index contributed by atoms with van der Waals surface area (Å²) in [5.74, 6) is -0.379. The third kappa shape index (κ3) is 5.56. The molecule has 0 heterocycles. The predicted molar refractivity (Wildman–Crippen MR) is 62.7 cm³/mol. The second kappa shape index (κ2) is 7.92. The highest BCUT2D eigenvalue weighted by Crippen LogP contribution is 2.05. The molecule has 0 N–H and O–H groups in total. The molecular weight excluding hydrogens is 223 g/mol. The first-order chi connectivity index (χ1) is 8.24. The lowest BCUT2D eigenvalue weighted by Crippen LogP contribution is -2.08. The first-order valence-electron chi connectivity index (χ1n) is 5.68. The number of carbonyl (C=O) groups is 1. The van der Waals surface area contributed by atoms with Gasteiger partial charge in [-0.05, 0) is 31.2 Å². The van der Waals surface area contributed by atoms with Gasteiger partial charge in [-0.15, -0.1) is 0 Å². The fourth-order valence-electron chi connectivity index (χ4n) is 1.31. The van der Waals surface area contributed by atoms with E-state index in [9.17, 15) is 9.18 Å². The van der Waals surface area contributed by atoms with Crippen LogP contribution >= 0.6 is 0 Å². The molecule has 1 aromatic rings. The van der Waals surface area contributed by atoms with Crippen molar-refractivity contribution in [2.24, 2.45) is 0 Å². The van der Waals surface area contributed by atoms with E-state index < -0.39 is 0 Å². The van der Waals surface area contributed by atoms with Gasteiger partial charge in [-0.2, -0.15) is 0 Å². The van der Waals surface area contributed by atoms with Gasteiger partial charge in [0, 0.05) is 18.6 Å². The molecule has 0 aliphatic heterocycles. The Hall–Kier alpha value is -1.26. The van der Waals surface area contributed by atoms with Crippen LogP contribution in [0.3, 0.4) is 0 Å². The fourth-order valence-corrected chi connectivity index (χ4v) is 1.31. The van der Waals surface area contributed by atoms with Crippen LogP contribution in [0.1, 0.15) is 23.7 Å². The Balaban J connectivity index is 2.19. The Kier molecular flexibility index (Phi) is 6.43. The number of hydrogen-bond donors (Lipinski definition) is 0. The smallest absolute Gasteiger partial charge is 0.165 e. The zero-order chi connectivity index (χ0) is 12.5. The number of ether oxygens (including phenoxy) is 2. The minimum absolute atomic E-state index is 0.0404. The molecule has 0 unspecified atom stereocenters. The Bertz CT molecular complexity index is 335. The molecule has 0 saturated heterocycles. The summed E-state index contributed by atoms with van der Waals surface area (Å²) in [5, 5.41) is 0. The van der Waals surface area contributed by atoms with Gasteiger partial charge in [0.2, 0.25) is 0 Å². The zero-order valence-corrected chi connectivity index (χ0v) is 9.95. The van der Waals surface area contributed by atoms with E-state index in [0.717, 1.165) is 0 Å². The molecule has 0 fully saturated rings. The molecule has 17 heavy (non-hydrogen) atoms. The van der Waals surface area contributed by atoms with Gasteiger partial charge in [-0.25, -0.2) is 4.39 Å². The van der Waals surface area contributed by atoms with Crippen LogP contribution in [0, 0.1) is 5.82 Å². The van der Waals surface area contributed by atoms with Crippen LogP contribution in [-0.2, 0) is 9.47 Å². The summed E-state index contributed by atoms with van der Waals surface area (Å²) >= 11 is 0. The summed E-state index contributed by atoms with van der Waals surface area (Å²) in [6.07, 6.45) is 0.303. The molecule has 0 saturated carbocycles. The molecule has 0 aliphatic carbocycles. The van der Waals surface area contributed by atoms with E-state index in [2.05, 4.69) is 0 Å². The molecule has 0 aromatic heterocycles. The Morgan fingerprint density at radius 1 is 1.12 bits per heavy atom.